The van der Waals surface area contributed by atoms with Crippen molar-refractivity contribution >= 4 is 0 Å². The third-order valence-corrected chi connectivity index (χ3v) is 3.53. The van der Waals surface area contributed by atoms with E-state index in [1.165, 1.54) is 0 Å². The average molecular weight is 200 g/mol. The van der Waals surface area contributed by atoms with Crippen molar-refractivity contribution in [2.75, 3.05) is 39.4 Å². The lowest BCUT2D eigenvalue weighted by Crippen LogP contribution is -2.67. The van der Waals surface area contributed by atoms with Crippen molar-refractivity contribution in [1.82, 2.24) is 4.90 Å². The zero-order chi connectivity index (χ0) is 10.2. The van der Waals surface area contributed by atoms with Crippen LogP contribution in [0.4, 0.5) is 0 Å². The molecule has 0 aromatic heterocycles. The molecule has 0 bridgehead atoms. The van der Waals surface area contributed by atoms with Gasteiger partial charge in [-0.1, -0.05) is 0 Å². The lowest BCUT2D eigenvalue weighted by Gasteiger charge is -2.56. The summed E-state index contributed by atoms with van der Waals surface area (Å²) < 4.78 is 5.38. The first-order valence-corrected chi connectivity index (χ1v) is 5.51. The van der Waals surface area contributed by atoms with Crippen LogP contribution in [0.15, 0.2) is 0 Å². The molecule has 82 valence electrons. The summed E-state index contributed by atoms with van der Waals surface area (Å²) in [5.74, 6) is 0. The Bertz CT molecular complexity index is 210. The third kappa shape index (κ3) is 1.80. The highest BCUT2D eigenvalue weighted by molar-refractivity contribution is 4.77. The summed E-state index contributed by atoms with van der Waals surface area (Å²) in [6.45, 7) is 8.90. The first-order chi connectivity index (χ1) is 6.62. The highest BCUT2D eigenvalue weighted by Gasteiger charge is 2.38. The van der Waals surface area contributed by atoms with Crippen molar-refractivity contribution in [3.05, 3.63) is 5.21 Å². The van der Waals surface area contributed by atoms with E-state index in [2.05, 4.69) is 18.7 Å². The largest absolute Gasteiger partial charge is 0.632 e. The van der Waals surface area contributed by atoms with Crippen LogP contribution in [0.2, 0.25) is 0 Å². The smallest absolute Gasteiger partial charge is 0.125 e. The third-order valence-electron chi connectivity index (χ3n) is 3.53. The number of piperazine rings is 1. The molecular formula is C10H20N2O2. The van der Waals surface area contributed by atoms with Crippen LogP contribution >= 0.6 is 0 Å². The number of quaternary nitrogens is 1. The van der Waals surface area contributed by atoms with Gasteiger partial charge >= 0.3 is 0 Å². The number of hydrogen-bond donors (Lipinski definition) is 0. The van der Waals surface area contributed by atoms with Gasteiger partial charge in [-0.05, 0) is 13.8 Å². The minimum Gasteiger partial charge on any atom is -0.632 e. The average Bonchev–Trinajstić information content (AvgIpc) is 2.16. The second kappa shape index (κ2) is 3.77. The number of hydroxylamine groups is 3. The van der Waals surface area contributed by atoms with Gasteiger partial charge in [0.2, 0.25) is 0 Å². The summed E-state index contributed by atoms with van der Waals surface area (Å²) in [6.07, 6.45) is 0. The number of hydrogen-bond acceptors (Lipinski definition) is 3. The quantitative estimate of drug-likeness (QED) is 0.455. The van der Waals surface area contributed by atoms with E-state index in [-0.39, 0.29) is 10.7 Å². The van der Waals surface area contributed by atoms with E-state index in [9.17, 15) is 5.21 Å². The Hall–Kier alpha value is -0.160. The topological polar surface area (TPSA) is 35.5 Å². The fourth-order valence-electron chi connectivity index (χ4n) is 2.38. The molecule has 2 aliphatic rings. The molecule has 2 atom stereocenters. The minimum absolute atomic E-state index is 0.0107. The Balaban J connectivity index is 2.02. The van der Waals surface area contributed by atoms with Gasteiger partial charge in [0.05, 0.1) is 19.7 Å². The van der Waals surface area contributed by atoms with E-state index in [4.69, 9.17) is 4.74 Å². The van der Waals surface area contributed by atoms with Crippen molar-refractivity contribution in [3.63, 3.8) is 0 Å². The minimum atomic E-state index is -0.0107. The number of ether oxygens (including phenoxy) is 1. The Morgan fingerprint density at radius 3 is 2.93 bits per heavy atom. The summed E-state index contributed by atoms with van der Waals surface area (Å²) in [5, 5.41) is 12.3. The van der Waals surface area contributed by atoms with Gasteiger partial charge in [-0.15, -0.1) is 0 Å². The van der Waals surface area contributed by atoms with Crippen LogP contribution in [0.1, 0.15) is 13.8 Å². The standard InChI is InChI=1S/C10H20N2O2/c1-9(2)11-3-4-12(13)5-6-14-8-10(12)7-11/h9-10H,3-8H2,1-2H3/t10-,12?/m0/s1. The zero-order valence-corrected chi connectivity index (χ0v) is 9.11. The molecule has 0 saturated carbocycles. The fourth-order valence-corrected chi connectivity index (χ4v) is 2.38. The maximum absolute atomic E-state index is 12.3. The molecule has 0 N–H and O–H groups in total. The molecule has 2 aliphatic heterocycles. The molecule has 0 amide bonds. The van der Waals surface area contributed by atoms with E-state index in [1.54, 1.807) is 0 Å². The van der Waals surface area contributed by atoms with E-state index in [0.717, 1.165) is 19.6 Å². The molecule has 0 aromatic carbocycles. The molecule has 2 fully saturated rings. The molecule has 1 unspecified atom stereocenters. The van der Waals surface area contributed by atoms with Crippen LogP contribution in [-0.4, -0.2) is 61.0 Å². The van der Waals surface area contributed by atoms with Crippen LogP contribution in [-0.2, 0) is 4.74 Å². The summed E-state index contributed by atoms with van der Waals surface area (Å²) >= 11 is 0. The Morgan fingerprint density at radius 2 is 2.21 bits per heavy atom. The molecule has 0 spiro atoms. The second-order valence-corrected chi connectivity index (χ2v) is 4.72. The molecular weight excluding hydrogens is 180 g/mol. The van der Waals surface area contributed by atoms with E-state index < -0.39 is 0 Å². The lowest BCUT2D eigenvalue weighted by atomic mass is 10.1. The summed E-state index contributed by atoms with van der Waals surface area (Å²) in [7, 11) is 0. The van der Waals surface area contributed by atoms with Gasteiger partial charge in [-0.2, -0.15) is 0 Å². The number of nitrogens with zero attached hydrogens (tertiary/aromatic N) is 2. The fraction of sp³-hybridized carbons (Fsp3) is 1.00. The zero-order valence-electron chi connectivity index (χ0n) is 9.11. The van der Waals surface area contributed by atoms with Gasteiger partial charge < -0.3 is 14.6 Å². The van der Waals surface area contributed by atoms with Crippen LogP contribution in [0.5, 0.6) is 0 Å². The van der Waals surface area contributed by atoms with Crippen LogP contribution in [0.25, 0.3) is 0 Å². The van der Waals surface area contributed by atoms with Crippen molar-refractivity contribution in [1.29, 1.82) is 0 Å². The Morgan fingerprint density at radius 1 is 1.43 bits per heavy atom. The predicted molar refractivity (Wildman–Crippen MR) is 54.7 cm³/mol. The molecule has 2 heterocycles. The Kier molecular flexibility index (Phi) is 2.79. The summed E-state index contributed by atoms with van der Waals surface area (Å²) in [6, 6.07) is 0.700. The molecule has 0 radical (unpaired) electrons. The van der Waals surface area contributed by atoms with Crippen LogP contribution < -0.4 is 0 Å². The van der Waals surface area contributed by atoms with Crippen molar-refractivity contribution in [2.24, 2.45) is 0 Å². The highest BCUT2D eigenvalue weighted by atomic mass is 16.6. The van der Waals surface area contributed by atoms with Gasteiger partial charge in [0.1, 0.15) is 19.2 Å². The normalized spacial score (nSPS) is 39.9. The maximum Gasteiger partial charge on any atom is 0.125 e. The van der Waals surface area contributed by atoms with E-state index in [0.29, 0.717) is 25.8 Å². The summed E-state index contributed by atoms with van der Waals surface area (Å²) in [5.41, 5.74) is 0. The van der Waals surface area contributed by atoms with Gasteiger partial charge in [-0.3, -0.25) is 4.90 Å². The first kappa shape index (κ1) is 10.4. The van der Waals surface area contributed by atoms with Gasteiger partial charge in [0.15, 0.2) is 0 Å². The highest BCUT2D eigenvalue weighted by Crippen LogP contribution is 2.23. The summed E-state index contributed by atoms with van der Waals surface area (Å²) in [4.78, 5) is 2.38. The molecule has 4 heteroatoms. The number of rotatable bonds is 1. The molecule has 0 aliphatic carbocycles. The van der Waals surface area contributed by atoms with E-state index >= 15 is 0 Å². The maximum atomic E-state index is 12.3. The van der Waals surface area contributed by atoms with Crippen molar-refractivity contribution in [3.8, 4) is 0 Å². The van der Waals surface area contributed by atoms with Crippen LogP contribution in [0, 0.1) is 5.21 Å². The van der Waals surface area contributed by atoms with Crippen molar-refractivity contribution < 1.29 is 9.38 Å². The van der Waals surface area contributed by atoms with Crippen LogP contribution in [0.3, 0.4) is 0 Å². The van der Waals surface area contributed by atoms with Gasteiger partial charge in [0.25, 0.3) is 0 Å². The molecule has 2 saturated heterocycles. The SMILES string of the molecule is CC(C)N1CC[N+]2([O-])CCOC[C@@H]2C1. The van der Waals surface area contributed by atoms with Gasteiger partial charge in [-0.25, -0.2) is 0 Å². The lowest BCUT2D eigenvalue weighted by molar-refractivity contribution is -0.918. The number of fused-ring (bicyclic) bond motifs is 1. The first-order valence-electron chi connectivity index (χ1n) is 5.51. The molecule has 4 nitrogen and oxygen atoms in total. The Labute approximate surface area is 85.6 Å². The molecule has 2 rings (SSSR count). The monoisotopic (exact) mass is 200 g/mol. The van der Waals surface area contributed by atoms with Crippen molar-refractivity contribution in [2.45, 2.75) is 25.9 Å². The predicted octanol–water partition coefficient (Wildman–Crippen LogP) is 0.424. The van der Waals surface area contributed by atoms with Gasteiger partial charge in [0, 0.05) is 12.6 Å². The second-order valence-electron chi connectivity index (χ2n) is 4.72. The molecule has 0 aromatic rings. The molecule has 14 heavy (non-hydrogen) atoms. The number of morpholine rings is 1. The van der Waals surface area contributed by atoms with E-state index in [1.807, 2.05) is 0 Å².